The highest BCUT2D eigenvalue weighted by Gasteiger charge is 2.24. The van der Waals surface area contributed by atoms with Gasteiger partial charge in [-0.1, -0.05) is 18.2 Å². The number of aliphatic carboxylic acids is 2. The molecule has 0 aromatic heterocycles. The van der Waals surface area contributed by atoms with E-state index in [1.807, 2.05) is 12.1 Å². The van der Waals surface area contributed by atoms with E-state index in [9.17, 15) is 9.18 Å². The van der Waals surface area contributed by atoms with Crippen LogP contribution in [0.5, 0.6) is 5.75 Å². The molecule has 0 bridgehead atoms. The van der Waals surface area contributed by atoms with Gasteiger partial charge in [-0.2, -0.15) is 0 Å². The maximum absolute atomic E-state index is 13.8. The number of piperazine rings is 1. The Hall–Kier alpha value is -2.98. The second kappa shape index (κ2) is 11.4. The molecule has 10 heteroatoms. The molecule has 1 amide bonds. The number of hydrogen-bond donors (Lipinski definition) is 2. The van der Waals surface area contributed by atoms with Crippen LogP contribution in [-0.4, -0.2) is 71.1 Å². The molecule has 2 N–H and O–H groups in total. The standard InChI is InChI=1S/C19H20BrFN2O2.C2H2O4/c1-25-18-7-6-14(12-16(18)20)13-22-8-10-23(11-9-22)19(24)15-4-2-3-5-17(15)21;3-1(4)2(5)6/h2-7,12H,8-11,13H2,1H3;(H,3,4)(H,5,6). The van der Waals surface area contributed by atoms with E-state index in [-0.39, 0.29) is 11.5 Å². The molecule has 2 aromatic rings. The first-order valence-corrected chi connectivity index (χ1v) is 10.1. The molecule has 166 valence electrons. The predicted octanol–water partition coefficient (Wildman–Crippen LogP) is 2.71. The second-order valence-corrected chi connectivity index (χ2v) is 7.48. The third kappa shape index (κ3) is 7.04. The van der Waals surface area contributed by atoms with E-state index in [1.54, 1.807) is 30.2 Å². The Bertz CT molecular complexity index is 935. The summed E-state index contributed by atoms with van der Waals surface area (Å²) in [4.78, 5) is 34.7. The van der Waals surface area contributed by atoms with Crippen LogP contribution < -0.4 is 4.74 Å². The number of amides is 1. The SMILES string of the molecule is COc1ccc(CN2CCN(C(=O)c3ccccc3F)CC2)cc1Br.O=C(O)C(=O)O. The van der Waals surface area contributed by atoms with Crippen molar-refractivity contribution in [2.45, 2.75) is 6.54 Å². The number of carboxylic acid groups (broad SMARTS) is 2. The Balaban J connectivity index is 0.000000501. The number of hydrogen-bond acceptors (Lipinski definition) is 5. The normalized spacial score (nSPS) is 13.7. The van der Waals surface area contributed by atoms with Crippen molar-refractivity contribution in [2.75, 3.05) is 33.3 Å². The monoisotopic (exact) mass is 496 g/mol. The van der Waals surface area contributed by atoms with Crippen molar-refractivity contribution in [2.24, 2.45) is 0 Å². The molecule has 1 aliphatic rings. The first-order valence-electron chi connectivity index (χ1n) is 9.27. The van der Waals surface area contributed by atoms with E-state index >= 15 is 0 Å². The maximum atomic E-state index is 13.8. The topological polar surface area (TPSA) is 107 Å². The summed E-state index contributed by atoms with van der Waals surface area (Å²) >= 11 is 3.50. The fourth-order valence-electron chi connectivity index (χ4n) is 2.98. The van der Waals surface area contributed by atoms with Gasteiger partial charge in [0.05, 0.1) is 17.1 Å². The lowest BCUT2D eigenvalue weighted by Crippen LogP contribution is -2.48. The Labute approximate surface area is 187 Å². The fourth-order valence-corrected chi connectivity index (χ4v) is 3.57. The van der Waals surface area contributed by atoms with Crippen LogP contribution in [0.4, 0.5) is 4.39 Å². The zero-order valence-corrected chi connectivity index (χ0v) is 18.3. The molecule has 0 atom stereocenters. The van der Waals surface area contributed by atoms with Crippen molar-refractivity contribution >= 4 is 33.8 Å². The van der Waals surface area contributed by atoms with E-state index in [2.05, 4.69) is 26.9 Å². The molecule has 3 rings (SSSR count). The average molecular weight is 497 g/mol. The zero-order chi connectivity index (χ0) is 23.0. The zero-order valence-electron chi connectivity index (χ0n) is 16.8. The third-order valence-electron chi connectivity index (χ3n) is 4.57. The fraction of sp³-hybridized carbons (Fsp3) is 0.286. The summed E-state index contributed by atoms with van der Waals surface area (Å²) in [5.74, 6) is -3.53. The van der Waals surface area contributed by atoms with Crippen LogP contribution in [0.2, 0.25) is 0 Å². The average Bonchev–Trinajstić information content (AvgIpc) is 2.75. The number of nitrogens with zero attached hydrogens (tertiary/aromatic N) is 2. The van der Waals surface area contributed by atoms with E-state index in [0.29, 0.717) is 13.1 Å². The summed E-state index contributed by atoms with van der Waals surface area (Å²) in [5, 5.41) is 14.8. The predicted molar refractivity (Wildman–Crippen MR) is 114 cm³/mol. The smallest absolute Gasteiger partial charge is 0.414 e. The van der Waals surface area contributed by atoms with Gasteiger partial charge in [0.15, 0.2) is 0 Å². The summed E-state index contributed by atoms with van der Waals surface area (Å²) < 4.78 is 20.0. The van der Waals surface area contributed by atoms with Gasteiger partial charge in [0.25, 0.3) is 5.91 Å². The Morgan fingerprint density at radius 3 is 2.16 bits per heavy atom. The van der Waals surface area contributed by atoms with Gasteiger partial charge in [-0.3, -0.25) is 9.69 Å². The number of methoxy groups -OCH3 is 1. The number of ether oxygens (including phenoxy) is 1. The van der Waals surface area contributed by atoms with Crippen molar-refractivity contribution in [1.29, 1.82) is 0 Å². The lowest BCUT2D eigenvalue weighted by atomic mass is 10.1. The number of carboxylic acids is 2. The van der Waals surface area contributed by atoms with Gasteiger partial charge in [-0.15, -0.1) is 0 Å². The molecule has 1 saturated heterocycles. The first-order chi connectivity index (χ1) is 14.7. The van der Waals surface area contributed by atoms with Crippen LogP contribution in [-0.2, 0) is 16.1 Å². The molecular formula is C21H22BrFN2O6. The van der Waals surface area contributed by atoms with E-state index in [0.717, 1.165) is 29.9 Å². The van der Waals surface area contributed by atoms with Crippen molar-refractivity contribution in [3.05, 3.63) is 63.9 Å². The summed E-state index contributed by atoms with van der Waals surface area (Å²) in [6.45, 7) is 3.55. The molecule has 1 aliphatic heterocycles. The van der Waals surface area contributed by atoms with Crippen LogP contribution in [0, 0.1) is 5.82 Å². The van der Waals surface area contributed by atoms with Gasteiger partial charge in [0, 0.05) is 32.7 Å². The van der Waals surface area contributed by atoms with E-state index in [1.165, 1.54) is 11.6 Å². The Morgan fingerprint density at radius 2 is 1.65 bits per heavy atom. The van der Waals surface area contributed by atoms with Crippen LogP contribution in [0.15, 0.2) is 46.9 Å². The highest BCUT2D eigenvalue weighted by Crippen LogP contribution is 2.26. The van der Waals surface area contributed by atoms with Gasteiger partial charge in [0.1, 0.15) is 11.6 Å². The molecule has 0 radical (unpaired) electrons. The lowest BCUT2D eigenvalue weighted by Gasteiger charge is -2.34. The number of halogens is 2. The van der Waals surface area contributed by atoms with Gasteiger partial charge >= 0.3 is 11.9 Å². The molecular weight excluding hydrogens is 475 g/mol. The number of benzene rings is 2. The molecule has 1 heterocycles. The van der Waals surface area contributed by atoms with Crippen molar-refractivity contribution in [1.82, 2.24) is 9.80 Å². The molecule has 0 saturated carbocycles. The highest BCUT2D eigenvalue weighted by atomic mass is 79.9. The van der Waals surface area contributed by atoms with E-state index < -0.39 is 17.8 Å². The largest absolute Gasteiger partial charge is 0.496 e. The molecule has 0 spiro atoms. The second-order valence-electron chi connectivity index (χ2n) is 6.63. The maximum Gasteiger partial charge on any atom is 0.414 e. The summed E-state index contributed by atoms with van der Waals surface area (Å²) in [7, 11) is 1.64. The minimum atomic E-state index is -1.82. The minimum Gasteiger partial charge on any atom is -0.496 e. The van der Waals surface area contributed by atoms with Gasteiger partial charge < -0.3 is 19.8 Å². The van der Waals surface area contributed by atoms with Crippen LogP contribution >= 0.6 is 15.9 Å². The quantitative estimate of drug-likeness (QED) is 0.626. The molecule has 0 aliphatic carbocycles. The third-order valence-corrected chi connectivity index (χ3v) is 5.19. The summed E-state index contributed by atoms with van der Waals surface area (Å²) in [6.07, 6.45) is 0. The number of rotatable bonds is 4. The Kier molecular flexibility index (Phi) is 8.95. The number of carbonyl (C=O) groups excluding carboxylic acids is 1. The molecule has 1 fully saturated rings. The van der Waals surface area contributed by atoms with Crippen LogP contribution in [0.3, 0.4) is 0 Å². The van der Waals surface area contributed by atoms with E-state index in [4.69, 9.17) is 24.5 Å². The van der Waals surface area contributed by atoms with Gasteiger partial charge in [0.2, 0.25) is 0 Å². The van der Waals surface area contributed by atoms with Gasteiger partial charge in [-0.25, -0.2) is 14.0 Å². The first kappa shape index (κ1) is 24.3. The summed E-state index contributed by atoms with van der Waals surface area (Å²) in [6, 6.07) is 12.2. The van der Waals surface area contributed by atoms with Crippen LogP contribution in [0.1, 0.15) is 15.9 Å². The van der Waals surface area contributed by atoms with Crippen molar-refractivity contribution in [3.8, 4) is 5.75 Å². The molecule has 0 unspecified atom stereocenters. The number of carbonyl (C=O) groups is 3. The molecule has 31 heavy (non-hydrogen) atoms. The minimum absolute atomic E-state index is 0.148. The summed E-state index contributed by atoms with van der Waals surface area (Å²) in [5.41, 5.74) is 1.33. The lowest BCUT2D eigenvalue weighted by molar-refractivity contribution is -0.159. The molecule has 2 aromatic carbocycles. The van der Waals surface area contributed by atoms with Crippen molar-refractivity contribution in [3.63, 3.8) is 0 Å². The molecule has 8 nitrogen and oxygen atoms in total. The highest BCUT2D eigenvalue weighted by molar-refractivity contribution is 9.10. The van der Waals surface area contributed by atoms with Crippen molar-refractivity contribution < 1.29 is 33.7 Å². The van der Waals surface area contributed by atoms with Crippen LogP contribution in [0.25, 0.3) is 0 Å². The Morgan fingerprint density at radius 1 is 1.03 bits per heavy atom. The van der Waals surface area contributed by atoms with Gasteiger partial charge in [-0.05, 0) is 45.8 Å².